The largest absolute Gasteiger partial charge is 0.430 e. The van der Waals surface area contributed by atoms with E-state index in [0.717, 1.165) is 33.0 Å². The van der Waals surface area contributed by atoms with Crippen molar-refractivity contribution in [3.63, 3.8) is 0 Å². The van der Waals surface area contributed by atoms with Crippen molar-refractivity contribution < 1.29 is 9.63 Å². The number of piperazine rings is 1. The molecule has 1 aromatic carbocycles. The van der Waals surface area contributed by atoms with Crippen molar-refractivity contribution >= 4 is 45.2 Å². The molecule has 10 heteroatoms. The van der Waals surface area contributed by atoms with Gasteiger partial charge in [-0.05, 0) is 32.4 Å². The predicted molar refractivity (Wildman–Crippen MR) is 114 cm³/mol. The molecule has 1 saturated heterocycles. The molecule has 1 atom stereocenters. The Kier molecular flexibility index (Phi) is 5.20. The Morgan fingerprint density at radius 2 is 2.14 bits per heavy atom. The number of carbonyl (C=O) groups is 1. The number of nitrogens with two attached hydrogens (primary N) is 1. The molecule has 4 rings (SSSR count). The fourth-order valence-corrected chi connectivity index (χ4v) is 4.15. The van der Waals surface area contributed by atoms with Crippen LogP contribution in [0.15, 0.2) is 23.7 Å². The third-order valence-corrected chi connectivity index (χ3v) is 5.61. The molecular formula is C19H23N7O2S. The predicted octanol–water partition coefficient (Wildman–Crippen LogP) is 2.96. The number of thiazole rings is 1. The van der Waals surface area contributed by atoms with E-state index in [0.29, 0.717) is 19.6 Å². The summed E-state index contributed by atoms with van der Waals surface area (Å²) in [5.41, 5.74) is 11.2. The molecule has 1 aliphatic heterocycles. The second-order valence-corrected chi connectivity index (χ2v) is 8.00. The van der Waals surface area contributed by atoms with E-state index in [-0.39, 0.29) is 12.0 Å². The van der Waals surface area contributed by atoms with Gasteiger partial charge in [0.05, 0.1) is 18.6 Å². The van der Waals surface area contributed by atoms with Crippen LogP contribution in [-0.4, -0.2) is 51.8 Å². The van der Waals surface area contributed by atoms with E-state index >= 15 is 0 Å². The molecule has 3 N–H and O–H groups in total. The Hall–Kier alpha value is -2.98. The maximum absolute atomic E-state index is 12.3. The van der Waals surface area contributed by atoms with Gasteiger partial charge < -0.3 is 15.5 Å². The van der Waals surface area contributed by atoms with Crippen LogP contribution >= 0.6 is 11.3 Å². The van der Waals surface area contributed by atoms with E-state index in [1.54, 1.807) is 10.6 Å². The van der Waals surface area contributed by atoms with E-state index in [1.165, 1.54) is 11.3 Å². The summed E-state index contributed by atoms with van der Waals surface area (Å²) in [5, 5.41) is 4.48. The molecule has 3 aromatic rings. The lowest BCUT2D eigenvalue weighted by molar-refractivity contribution is -0.103. The lowest BCUT2D eigenvalue weighted by atomic mass is 10.1. The van der Waals surface area contributed by atoms with Crippen LogP contribution in [-0.2, 0) is 4.84 Å². The van der Waals surface area contributed by atoms with Gasteiger partial charge in [-0.2, -0.15) is 4.98 Å². The van der Waals surface area contributed by atoms with Crippen LogP contribution in [0.3, 0.4) is 0 Å². The van der Waals surface area contributed by atoms with Crippen LogP contribution < -0.4 is 16.0 Å². The highest BCUT2D eigenvalue weighted by molar-refractivity contribution is 7.16. The Morgan fingerprint density at radius 1 is 1.31 bits per heavy atom. The first-order valence-corrected chi connectivity index (χ1v) is 10.2. The number of fused-ring (bicyclic) bond motifs is 1. The number of hydrogen-bond acceptors (Lipinski definition) is 9. The monoisotopic (exact) mass is 413 g/mol. The number of carbonyl (C=O) groups excluding carboxylic acids is 1. The molecule has 9 nitrogen and oxygen atoms in total. The number of nitrogens with zero attached hydrogens (tertiary/aromatic N) is 5. The van der Waals surface area contributed by atoms with Crippen LogP contribution in [0, 0.1) is 13.8 Å². The molecule has 29 heavy (non-hydrogen) atoms. The van der Waals surface area contributed by atoms with Gasteiger partial charge in [-0.3, -0.25) is 5.32 Å². The van der Waals surface area contributed by atoms with Gasteiger partial charge in [0.1, 0.15) is 5.52 Å². The lowest BCUT2D eigenvalue weighted by Gasteiger charge is -2.39. The minimum absolute atomic E-state index is 0.0526. The second-order valence-electron chi connectivity index (χ2n) is 7.16. The molecule has 0 aliphatic carbocycles. The summed E-state index contributed by atoms with van der Waals surface area (Å²) in [7, 11) is 0. The van der Waals surface area contributed by atoms with Gasteiger partial charge in [0.2, 0.25) is 5.95 Å². The number of aromatic nitrogens is 3. The number of aryl methyl sites for hydroxylation is 2. The Labute approximate surface area is 172 Å². The molecule has 0 spiro atoms. The van der Waals surface area contributed by atoms with Gasteiger partial charge in [-0.15, -0.1) is 16.4 Å². The van der Waals surface area contributed by atoms with Gasteiger partial charge in [0, 0.05) is 18.3 Å². The molecule has 152 valence electrons. The number of rotatable bonds is 3. The van der Waals surface area contributed by atoms with Gasteiger partial charge in [-0.25, -0.2) is 14.8 Å². The quantitative estimate of drug-likeness (QED) is 0.674. The zero-order chi connectivity index (χ0) is 20.5. The van der Waals surface area contributed by atoms with E-state index in [2.05, 4.69) is 25.2 Å². The van der Waals surface area contributed by atoms with Crippen LogP contribution in [0.25, 0.3) is 10.3 Å². The molecule has 0 bridgehead atoms. The van der Waals surface area contributed by atoms with Crippen LogP contribution in [0.5, 0.6) is 0 Å². The van der Waals surface area contributed by atoms with Crippen molar-refractivity contribution in [2.45, 2.75) is 26.8 Å². The molecule has 1 fully saturated rings. The third-order valence-electron chi connectivity index (χ3n) is 4.89. The summed E-state index contributed by atoms with van der Waals surface area (Å²) in [5.74, 6) is 0.955. The molecule has 0 unspecified atom stereocenters. The summed E-state index contributed by atoms with van der Waals surface area (Å²) in [6, 6.07) is 5.90. The lowest BCUT2D eigenvalue weighted by Crippen LogP contribution is -2.53. The fourth-order valence-electron chi connectivity index (χ4n) is 3.49. The zero-order valence-electron chi connectivity index (χ0n) is 16.5. The third kappa shape index (κ3) is 4.08. The normalized spacial score (nSPS) is 17.5. The molecule has 0 saturated carbocycles. The minimum atomic E-state index is -0.495. The van der Waals surface area contributed by atoms with Gasteiger partial charge in [0.25, 0.3) is 0 Å². The highest BCUT2D eigenvalue weighted by Gasteiger charge is 2.29. The summed E-state index contributed by atoms with van der Waals surface area (Å²) < 4.78 is 0. The highest BCUT2D eigenvalue weighted by Crippen LogP contribution is 2.28. The van der Waals surface area contributed by atoms with Crippen molar-refractivity contribution in [1.82, 2.24) is 20.0 Å². The molecule has 2 aromatic heterocycles. The van der Waals surface area contributed by atoms with Crippen LogP contribution in [0.4, 0.5) is 22.2 Å². The number of benzene rings is 1. The zero-order valence-corrected chi connectivity index (χ0v) is 17.4. The number of nitrogen functional groups attached to an aromatic ring is 1. The summed E-state index contributed by atoms with van der Waals surface area (Å²) in [6.07, 6.45) is -0.495. The number of nitrogens with one attached hydrogen (secondary N) is 1. The molecule has 3 heterocycles. The van der Waals surface area contributed by atoms with Crippen molar-refractivity contribution in [3.05, 3.63) is 34.8 Å². The standard InChI is InChI=1S/C19H23N7O2S/c1-11-4-5-14(12(2)8-11)22-19(27)28-25-6-7-26(13(3)9-25)16-15-17(29-10-21-15)24-18(20)23-16/h4-5,8,10,13H,6-7,9H2,1-3H3,(H,22,27)(H2,20,23,24)/t13-/m1/s1. The Bertz CT molecular complexity index is 1050. The summed E-state index contributed by atoms with van der Waals surface area (Å²) in [4.78, 5) is 33.8. The molecule has 1 aliphatic rings. The average Bonchev–Trinajstić information content (AvgIpc) is 3.12. The second kappa shape index (κ2) is 7.80. The smallest absolute Gasteiger partial charge is 0.368 e. The number of hydroxylamine groups is 2. The van der Waals surface area contributed by atoms with E-state index in [9.17, 15) is 4.79 Å². The number of hydrogen-bond donors (Lipinski definition) is 2. The van der Waals surface area contributed by atoms with Crippen molar-refractivity contribution in [3.8, 4) is 0 Å². The maximum atomic E-state index is 12.3. The van der Waals surface area contributed by atoms with Crippen molar-refractivity contribution in [2.24, 2.45) is 0 Å². The SMILES string of the molecule is Cc1ccc(NC(=O)ON2CCN(c3nc(N)nc4scnc34)[C@H](C)C2)c(C)c1. The minimum Gasteiger partial charge on any atom is -0.368 e. The first kappa shape index (κ1) is 19.3. The maximum Gasteiger partial charge on any atom is 0.430 e. The van der Waals surface area contributed by atoms with Crippen LogP contribution in [0.1, 0.15) is 18.1 Å². The highest BCUT2D eigenvalue weighted by atomic mass is 32.1. The van der Waals surface area contributed by atoms with Crippen LogP contribution in [0.2, 0.25) is 0 Å². The molecule has 0 radical (unpaired) electrons. The fraction of sp³-hybridized carbons (Fsp3) is 0.368. The summed E-state index contributed by atoms with van der Waals surface area (Å²) in [6.45, 7) is 7.72. The van der Waals surface area contributed by atoms with Crippen molar-refractivity contribution in [2.75, 3.05) is 35.6 Å². The topological polar surface area (TPSA) is 110 Å². The van der Waals surface area contributed by atoms with Crippen molar-refractivity contribution in [1.29, 1.82) is 0 Å². The Morgan fingerprint density at radius 3 is 2.90 bits per heavy atom. The first-order valence-electron chi connectivity index (χ1n) is 9.35. The van der Waals surface area contributed by atoms with Gasteiger partial charge in [0.15, 0.2) is 10.6 Å². The average molecular weight is 414 g/mol. The van der Waals surface area contributed by atoms with Gasteiger partial charge >= 0.3 is 6.09 Å². The molecular weight excluding hydrogens is 390 g/mol. The Balaban J connectivity index is 1.41. The van der Waals surface area contributed by atoms with E-state index in [1.807, 2.05) is 39.0 Å². The van der Waals surface area contributed by atoms with E-state index < -0.39 is 6.09 Å². The van der Waals surface area contributed by atoms with E-state index in [4.69, 9.17) is 10.6 Å². The molecule has 1 amide bonds. The number of anilines is 3. The summed E-state index contributed by atoms with van der Waals surface area (Å²) >= 11 is 1.44. The van der Waals surface area contributed by atoms with Gasteiger partial charge in [-0.1, -0.05) is 17.7 Å². The first-order chi connectivity index (χ1) is 13.9. The number of amides is 1.